The maximum absolute atomic E-state index is 11.0. The van der Waals surface area contributed by atoms with Crippen LogP contribution in [0.1, 0.15) is 0 Å². The van der Waals surface area contributed by atoms with Crippen LogP contribution in [0.5, 0.6) is 0 Å². The molecule has 1 rings (SSSR count). The molecular formula is C5H4BrNO3S2. The maximum atomic E-state index is 11.0. The van der Waals surface area contributed by atoms with Crippen molar-refractivity contribution in [3.8, 4) is 0 Å². The number of nitrogens with zero attached hydrogens (tertiary/aromatic N) is 1. The van der Waals surface area contributed by atoms with E-state index < -0.39 is 9.84 Å². The first-order valence-electron chi connectivity index (χ1n) is 2.78. The van der Waals surface area contributed by atoms with Gasteiger partial charge in [-0.15, -0.1) is 16.2 Å². The fourth-order valence-electron chi connectivity index (χ4n) is 0.583. The van der Waals surface area contributed by atoms with Gasteiger partial charge < -0.3 is 0 Å². The van der Waals surface area contributed by atoms with E-state index in [0.29, 0.717) is 3.79 Å². The van der Waals surface area contributed by atoms with Crippen LogP contribution in [-0.2, 0) is 9.84 Å². The molecule has 0 bridgehead atoms. The number of halogens is 1. The van der Waals surface area contributed by atoms with Crippen LogP contribution in [0.25, 0.3) is 0 Å². The van der Waals surface area contributed by atoms with Crippen molar-refractivity contribution in [3.63, 3.8) is 0 Å². The van der Waals surface area contributed by atoms with E-state index in [9.17, 15) is 13.3 Å². The predicted octanol–water partition coefficient (Wildman–Crippen LogP) is 2.31. The standard InChI is InChI=1S/C5H4BrNO3S2/c1-12(9,10)4-2-3(7-8)5(6)11-4/h2H,1H3. The number of nitroso groups, excluding NO2 is 1. The van der Waals surface area contributed by atoms with Gasteiger partial charge in [0, 0.05) is 6.26 Å². The molecule has 0 N–H and O–H groups in total. The Hall–Kier alpha value is -0.270. The van der Waals surface area contributed by atoms with Crippen molar-refractivity contribution >= 4 is 42.8 Å². The number of hydrogen-bond donors (Lipinski definition) is 0. The van der Waals surface area contributed by atoms with E-state index in [1.807, 2.05) is 0 Å². The lowest BCUT2D eigenvalue weighted by atomic mass is 10.6. The summed E-state index contributed by atoms with van der Waals surface area (Å²) in [7, 11) is -3.22. The van der Waals surface area contributed by atoms with Gasteiger partial charge in [0.15, 0.2) is 9.84 Å². The van der Waals surface area contributed by atoms with E-state index in [1.54, 1.807) is 0 Å². The van der Waals surface area contributed by atoms with E-state index >= 15 is 0 Å². The highest BCUT2D eigenvalue weighted by Gasteiger charge is 2.14. The largest absolute Gasteiger partial charge is 0.223 e. The Morgan fingerprint density at radius 3 is 2.42 bits per heavy atom. The number of hydrogen-bond acceptors (Lipinski definition) is 5. The first kappa shape index (κ1) is 9.82. The highest BCUT2D eigenvalue weighted by atomic mass is 79.9. The number of sulfone groups is 1. The molecular weight excluding hydrogens is 266 g/mol. The molecule has 0 atom stereocenters. The van der Waals surface area contributed by atoms with Gasteiger partial charge in [-0.1, -0.05) is 0 Å². The molecule has 0 aliphatic carbocycles. The van der Waals surface area contributed by atoms with Crippen molar-refractivity contribution in [1.82, 2.24) is 0 Å². The van der Waals surface area contributed by atoms with Crippen molar-refractivity contribution in [2.45, 2.75) is 4.21 Å². The van der Waals surface area contributed by atoms with E-state index in [0.717, 1.165) is 17.6 Å². The van der Waals surface area contributed by atoms with Crippen molar-refractivity contribution in [1.29, 1.82) is 0 Å². The molecule has 0 saturated heterocycles. The third-order valence-electron chi connectivity index (χ3n) is 1.11. The lowest BCUT2D eigenvalue weighted by Crippen LogP contribution is -1.91. The predicted molar refractivity (Wildman–Crippen MR) is 50.6 cm³/mol. The molecule has 0 aliphatic rings. The Kier molecular flexibility index (Phi) is 2.64. The van der Waals surface area contributed by atoms with Gasteiger partial charge in [-0.3, -0.25) is 0 Å². The molecule has 7 heteroatoms. The fraction of sp³-hybridized carbons (Fsp3) is 0.200. The summed E-state index contributed by atoms with van der Waals surface area (Å²) in [5.41, 5.74) is 0.125. The van der Waals surface area contributed by atoms with Gasteiger partial charge in [0.1, 0.15) is 13.7 Å². The minimum atomic E-state index is -3.22. The average molecular weight is 270 g/mol. The lowest BCUT2D eigenvalue weighted by molar-refractivity contribution is 0.604. The first-order valence-corrected chi connectivity index (χ1v) is 6.28. The average Bonchev–Trinajstić information content (AvgIpc) is 2.29. The molecule has 66 valence electrons. The number of thiophene rings is 1. The summed E-state index contributed by atoms with van der Waals surface area (Å²) in [4.78, 5) is 10.1. The smallest absolute Gasteiger partial charge is 0.184 e. The highest BCUT2D eigenvalue weighted by Crippen LogP contribution is 2.36. The zero-order valence-corrected chi connectivity index (χ0v) is 9.16. The van der Waals surface area contributed by atoms with Crippen molar-refractivity contribution in [2.24, 2.45) is 5.18 Å². The Balaban J connectivity index is 3.32. The topological polar surface area (TPSA) is 63.6 Å². The van der Waals surface area contributed by atoms with Crippen LogP contribution in [0.3, 0.4) is 0 Å². The third-order valence-corrected chi connectivity index (χ3v) is 4.72. The molecule has 0 amide bonds. The minimum Gasteiger partial charge on any atom is -0.223 e. The second-order valence-electron chi connectivity index (χ2n) is 2.09. The normalized spacial score (nSPS) is 11.5. The van der Waals surface area contributed by atoms with Crippen LogP contribution in [0.4, 0.5) is 5.69 Å². The lowest BCUT2D eigenvalue weighted by Gasteiger charge is -1.86. The molecule has 4 nitrogen and oxygen atoms in total. The first-order chi connectivity index (χ1) is 5.45. The molecule has 12 heavy (non-hydrogen) atoms. The SMILES string of the molecule is CS(=O)(=O)c1cc(N=O)c(Br)s1. The Labute approximate surface area is 81.6 Å². The van der Waals surface area contributed by atoms with Crippen LogP contribution < -0.4 is 0 Å². The van der Waals surface area contributed by atoms with Crippen LogP contribution >= 0.6 is 27.3 Å². The van der Waals surface area contributed by atoms with Crippen LogP contribution in [0, 0.1) is 4.91 Å². The van der Waals surface area contributed by atoms with E-state index in [4.69, 9.17) is 0 Å². The maximum Gasteiger partial charge on any atom is 0.184 e. The highest BCUT2D eigenvalue weighted by molar-refractivity contribution is 9.11. The number of rotatable bonds is 2. The summed E-state index contributed by atoms with van der Waals surface area (Å²) in [5, 5.41) is 2.65. The van der Waals surface area contributed by atoms with Gasteiger partial charge in [0.25, 0.3) is 0 Å². The monoisotopic (exact) mass is 269 g/mol. The molecule has 0 spiro atoms. The van der Waals surface area contributed by atoms with Crippen LogP contribution in [0.2, 0.25) is 0 Å². The Morgan fingerprint density at radius 2 is 2.17 bits per heavy atom. The van der Waals surface area contributed by atoms with Crippen molar-refractivity contribution in [2.75, 3.05) is 6.26 Å². The summed E-state index contributed by atoms with van der Waals surface area (Å²) in [6.07, 6.45) is 1.08. The molecule has 0 fully saturated rings. The van der Waals surface area contributed by atoms with E-state index in [2.05, 4.69) is 21.1 Å². The Bertz CT molecular complexity index is 408. The molecule has 0 saturated carbocycles. The molecule has 0 aromatic carbocycles. The van der Waals surface area contributed by atoms with Gasteiger partial charge in [0.2, 0.25) is 0 Å². The second kappa shape index (κ2) is 3.23. The zero-order valence-electron chi connectivity index (χ0n) is 5.94. The summed E-state index contributed by atoms with van der Waals surface area (Å²) < 4.78 is 22.5. The van der Waals surface area contributed by atoms with Gasteiger partial charge >= 0.3 is 0 Å². The van der Waals surface area contributed by atoms with Crippen LogP contribution in [0.15, 0.2) is 19.2 Å². The quantitative estimate of drug-likeness (QED) is 0.774. The molecule has 1 aromatic heterocycles. The van der Waals surface area contributed by atoms with Crippen molar-refractivity contribution in [3.05, 3.63) is 14.8 Å². The summed E-state index contributed by atoms with van der Waals surface area (Å²) >= 11 is 4.01. The zero-order chi connectivity index (χ0) is 9.35. The molecule has 0 radical (unpaired) electrons. The third kappa shape index (κ3) is 1.90. The van der Waals surface area contributed by atoms with E-state index in [-0.39, 0.29) is 9.90 Å². The Morgan fingerprint density at radius 1 is 1.58 bits per heavy atom. The molecule has 0 aliphatic heterocycles. The molecule has 1 aromatic rings. The van der Waals surface area contributed by atoms with Crippen molar-refractivity contribution < 1.29 is 8.42 Å². The fourth-order valence-corrected chi connectivity index (χ4v) is 3.34. The van der Waals surface area contributed by atoms with Gasteiger partial charge in [0.05, 0.1) is 0 Å². The van der Waals surface area contributed by atoms with Gasteiger partial charge in [-0.05, 0) is 27.2 Å². The molecule has 1 heterocycles. The molecule has 0 unspecified atom stereocenters. The van der Waals surface area contributed by atoms with E-state index in [1.165, 1.54) is 6.07 Å². The van der Waals surface area contributed by atoms with Gasteiger partial charge in [-0.2, -0.15) is 0 Å². The minimum absolute atomic E-state index is 0.125. The summed E-state index contributed by atoms with van der Waals surface area (Å²) in [5.74, 6) is 0. The second-order valence-corrected chi connectivity index (χ2v) is 6.70. The van der Waals surface area contributed by atoms with Crippen LogP contribution in [-0.4, -0.2) is 14.7 Å². The summed E-state index contributed by atoms with van der Waals surface area (Å²) in [6.45, 7) is 0. The van der Waals surface area contributed by atoms with Gasteiger partial charge in [-0.25, -0.2) is 8.42 Å². The summed E-state index contributed by atoms with van der Waals surface area (Å²) in [6, 6.07) is 1.25.